The van der Waals surface area contributed by atoms with Crippen LogP contribution in [-0.4, -0.2) is 36.2 Å². The Kier molecular flexibility index (Phi) is 7.00. The molecule has 1 heterocycles. The first-order chi connectivity index (χ1) is 14.0. The number of nitrogens with zero attached hydrogens (tertiary/aromatic N) is 1. The van der Waals surface area contributed by atoms with E-state index in [0.717, 1.165) is 18.5 Å². The van der Waals surface area contributed by atoms with Crippen LogP contribution >= 0.6 is 0 Å². The van der Waals surface area contributed by atoms with Gasteiger partial charge in [-0.05, 0) is 54.8 Å². The van der Waals surface area contributed by atoms with E-state index in [9.17, 15) is 14.4 Å². The lowest BCUT2D eigenvalue weighted by Gasteiger charge is -2.16. The van der Waals surface area contributed by atoms with Gasteiger partial charge in [0.25, 0.3) is 0 Å². The summed E-state index contributed by atoms with van der Waals surface area (Å²) in [7, 11) is 1.58. The fourth-order valence-electron chi connectivity index (χ4n) is 3.39. The fourth-order valence-corrected chi connectivity index (χ4v) is 3.39. The molecule has 1 aliphatic heterocycles. The van der Waals surface area contributed by atoms with Crippen LogP contribution in [0.25, 0.3) is 0 Å². The Morgan fingerprint density at radius 1 is 1.10 bits per heavy atom. The molecular formula is C23H26N2O4. The highest BCUT2D eigenvalue weighted by Gasteiger charge is 2.20. The second-order valence-electron chi connectivity index (χ2n) is 7.17. The molecule has 1 fully saturated rings. The maximum absolute atomic E-state index is 12.2. The minimum absolute atomic E-state index is 0.0118. The number of hydrogen-bond acceptors (Lipinski definition) is 4. The first-order valence-corrected chi connectivity index (χ1v) is 9.89. The van der Waals surface area contributed by atoms with E-state index in [4.69, 9.17) is 4.74 Å². The van der Waals surface area contributed by atoms with Gasteiger partial charge in [-0.25, -0.2) is 0 Å². The van der Waals surface area contributed by atoms with Gasteiger partial charge in [0.2, 0.25) is 11.8 Å². The number of benzene rings is 2. The van der Waals surface area contributed by atoms with E-state index in [-0.39, 0.29) is 24.0 Å². The molecule has 0 atom stereocenters. The summed E-state index contributed by atoms with van der Waals surface area (Å²) in [6, 6.07) is 14.5. The van der Waals surface area contributed by atoms with E-state index in [1.54, 1.807) is 31.4 Å². The number of rotatable bonds is 9. The van der Waals surface area contributed by atoms with E-state index in [0.29, 0.717) is 42.8 Å². The molecule has 0 radical (unpaired) electrons. The normalized spacial score (nSPS) is 13.4. The van der Waals surface area contributed by atoms with Gasteiger partial charge in [0.05, 0.1) is 7.11 Å². The smallest absolute Gasteiger partial charge is 0.224 e. The number of nitrogens with one attached hydrogen (secondary N) is 1. The zero-order valence-corrected chi connectivity index (χ0v) is 16.6. The molecule has 6 heteroatoms. The third kappa shape index (κ3) is 5.91. The molecule has 0 aromatic heterocycles. The molecule has 0 spiro atoms. The number of amides is 2. The van der Waals surface area contributed by atoms with Crippen molar-refractivity contribution in [2.45, 2.75) is 38.6 Å². The third-order valence-corrected chi connectivity index (χ3v) is 4.98. The third-order valence-electron chi connectivity index (χ3n) is 4.98. The summed E-state index contributed by atoms with van der Waals surface area (Å²) in [5, 5.41) is 2.88. The van der Waals surface area contributed by atoms with Crippen LogP contribution < -0.4 is 10.1 Å². The molecule has 29 heavy (non-hydrogen) atoms. The molecule has 2 amide bonds. The minimum Gasteiger partial charge on any atom is -0.497 e. The molecule has 0 aliphatic carbocycles. The predicted molar refractivity (Wildman–Crippen MR) is 111 cm³/mol. The number of hydrogen-bond donors (Lipinski definition) is 1. The van der Waals surface area contributed by atoms with Crippen molar-refractivity contribution < 1.29 is 19.1 Å². The monoisotopic (exact) mass is 394 g/mol. The van der Waals surface area contributed by atoms with Crippen molar-refractivity contribution in [1.82, 2.24) is 4.90 Å². The topological polar surface area (TPSA) is 75.7 Å². The number of ketones is 1. The Labute approximate surface area is 170 Å². The van der Waals surface area contributed by atoms with Crippen molar-refractivity contribution >= 4 is 23.3 Å². The largest absolute Gasteiger partial charge is 0.497 e. The second-order valence-corrected chi connectivity index (χ2v) is 7.17. The van der Waals surface area contributed by atoms with Gasteiger partial charge in [0, 0.05) is 43.6 Å². The van der Waals surface area contributed by atoms with Crippen LogP contribution in [0.5, 0.6) is 5.75 Å². The molecule has 1 aliphatic rings. The Hall–Kier alpha value is -3.15. The Morgan fingerprint density at radius 3 is 2.59 bits per heavy atom. The van der Waals surface area contributed by atoms with Crippen LogP contribution in [0.1, 0.15) is 48.0 Å². The summed E-state index contributed by atoms with van der Waals surface area (Å²) < 4.78 is 5.09. The van der Waals surface area contributed by atoms with Gasteiger partial charge in [-0.15, -0.1) is 0 Å². The number of carbonyl (C=O) groups is 3. The van der Waals surface area contributed by atoms with Crippen molar-refractivity contribution in [3.05, 3.63) is 59.7 Å². The van der Waals surface area contributed by atoms with E-state index in [2.05, 4.69) is 5.32 Å². The van der Waals surface area contributed by atoms with Crippen LogP contribution in [0, 0.1) is 0 Å². The average molecular weight is 394 g/mol. The van der Waals surface area contributed by atoms with Gasteiger partial charge in [-0.3, -0.25) is 14.4 Å². The Morgan fingerprint density at radius 2 is 1.90 bits per heavy atom. The van der Waals surface area contributed by atoms with E-state index in [1.807, 2.05) is 29.2 Å². The summed E-state index contributed by atoms with van der Waals surface area (Å²) in [5.41, 5.74) is 2.32. The standard InChI is InChI=1S/C23H26N2O4/c1-29-20-12-10-18(11-13-20)21(26)7-3-8-22(27)24-19-6-2-5-17(15-19)16-25-14-4-9-23(25)28/h2,5-6,10-13,15H,3-4,7-9,14,16H2,1H3,(H,24,27). The summed E-state index contributed by atoms with van der Waals surface area (Å²) in [4.78, 5) is 38.0. The van der Waals surface area contributed by atoms with Crippen LogP contribution in [0.3, 0.4) is 0 Å². The molecule has 3 rings (SSSR count). The molecule has 2 aromatic rings. The van der Waals surface area contributed by atoms with Crippen molar-refractivity contribution in [3.63, 3.8) is 0 Å². The van der Waals surface area contributed by atoms with Crippen molar-refractivity contribution in [1.29, 1.82) is 0 Å². The van der Waals surface area contributed by atoms with E-state index in [1.165, 1.54) is 0 Å². The number of ether oxygens (including phenoxy) is 1. The quantitative estimate of drug-likeness (QED) is 0.656. The Bertz CT molecular complexity index is 877. The molecule has 6 nitrogen and oxygen atoms in total. The molecule has 2 aromatic carbocycles. The van der Waals surface area contributed by atoms with Gasteiger partial charge in [-0.1, -0.05) is 12.1 Å². The van der Waals surface area contributed by atoms with Crippen molar-refractivity contribution in [3.8, 4) is 5.75 Å². The number of methoxy groups -OCH3 is 1. The lowest BCUT2D eigenvalue weighted by atomic mass is 10.1. The van der Waals surface area contributed by atoms with Crippen molar-refractivity contribution in [2.75, 3.05) is 19.0 Å². The maximum atomic E-state index is 12.2. The van der Waals surface area contributed by atoms with Gasteiger partial charge in [0.15, 0.2) is 5.78 Å². The lowest BCUT2D eigenvalue weighted by Crippen LogP contribution is -2.23. The summed E-state index contributed by atoms with van der Waals surface area (Å²) >= 11 is 0. The highest BCUT2D eigenvalue weighted by atomic mass is 16.5. The van der Waals surface area contributed by atoms with Crippen LogP contribution in [-0.2, 0) is 16.1 Å². The summed E-state index contributed by atoms with van der Waals surface area (Å²) in [5.74, 6) is 0.776. The SMILES string of the molecule is COc1ccc(C(=O)CCCC(=O)Nc2cccc(CN3CCCC3=O)c2)cc1. The first kappa shape index (κ1) is 20.6. The highest BCUT2D eigenvalue weighted by molar-refractivity contribution is 5.97. The first-order valence-electron chi connectivity index (χ1n) is 9.89. The zero-order chi connectivity index (χ0) is 20.6. The van der Waals surface area contributed by atoms with Gasteiger partial charge in [0.1, 0.15) is 5.75 Å². The lowest BCUT2D eigenvalue weighted by molar-refractivity contribution is -0.128. The fraction of sp³-hybridized carbons (Fsp3) is 0.348. The average Bonchev–Trinajstić information content (AvgIpc) is 3.12. The predicted octanol–water partition coefficient (Wildman–Crippen LogP) is 3.81. The number of Topliss-reactive ketones (excluding diaryl/α,β-unsaturated/α-hetero) is 1. The molecular weight excluding hydrogens is 368 g/mol. The van der Waals surface area contributed by atoms with Gasteiger partial charge in [-0.2, -0.15) is 0 Å². The molecule has 1 N–H and O–H groups in total. The number of carbonyl (C=O) groups excluding carboxylic acids is 3. The minimum atomic E-state index is -0.123. The molecule has 1 saturated heterocycles. The van der Waals surface area contributed by atoms with Crippen molar-refractivity contribution in [2.24, 2.45) is 0 Å². The van der Waals surface area contributed by atoms with Crippen LogP contribution in [0.4, 0.5) is 5.69 Å². The molecule has 0 unspecified atom stereocenters. The molecule has 152 valence electrons. The van der Waals surface area contributed by atoms with Gasteiger partial charge >= 0.3 is 0 Å². The molecule has 0 bridgehead atoms. The number of likely N-dealkylation sites (tertiary alicyclic amines) is 1. The van der Waals surface area contributed by atoms with Crippen LogP contribution in [0.2, 0.25) is 0 Å². The van der Waals surface area contributed by atoms with E-state index >= 15 is 0 Å². The summed E-state index contributed by atoms with van der Waals surface area (Å²) in [6.07, 6.45) is 2.60. The molecule has 0 saturated carbocycles. The van der Waals surface area contributed by atoms with Crippen LogP contribution in [0.15, 0.2) is 48.5 Å². The zero-order valence-electron chi connectivity index (χ0n) is 16.6. The Balaban J connectivity index is 1.44. The second kappa shape index (κ2) is 9.87. The van der Waals surface area contributed by atoms with E-state index < -0.39 is 0 Å². The highest BCUT2D eigenvalue weighted by Crippen LogP contribution is 2.18. The summed E-state index contributed by atoms with van der Waals surface area (Å²) in [6.45, 7) is 1.36. The van der Waals surface area contributed by atoms with Gasteiger partial charge < -0.3 is 15.0 Å². The number of anilines is 1. The maximum Gasteiger partial charge on any atom is 0.224 e.